The Morgan fingerprint density at radius 1 is 1.24 bits per heavy atom. The number of carbonyl (C=O) groups is 1. The molecule has 0 aliphatic carbocycles. The van der Waals surface area contributed by atoms with Crippen LogP contribution in [0.2, 0.25) is 0 Å². The molecular formula is C12H12O4S. The van der Waals surface area contributed by atoms with Gasteiger partial charge in [0.15, 0.2) is 0 Å². The summed E-state index contributed by atoms with van der Waals surface area (Å²) in [4.78, 5) is 11.3. The van der Waals surface area contributed by atoms with Crippen molar-refractivity contribution in [1.82, 2.24) is 0 Å². The number of aliphatic carboxylic acids is 1. The highest BCUT2D eigenvalue weighted by Crippen LogP contribution is 2.42. The molecule has 0 fully saturated rings. The van der Waals surface area contributed by atoms with E-state index in [1.54, 1.807) is 18.2 Å². The van der Waals surface area contributed by atoms with Crippen molar-refractivity contribution in [3.63, 3.8) is 0 Å². The fraction of sp³-hybridized carbons (Fsp3) is 0.250. The number of hydrogen-bond donors (Lipinski definition) is 1. The minimum absolute atomic E-state index is 0.0568. The SMILES string of the molecule is CC(C)(C(=O)O)C1=Cc2ccccc2S1(=O)=O. The zero-order valence-corrected chi connectivity index (χ0v) is 10.3. The van der Waals surface area contributed by atoms with E-state index in [9.17, 15) is 13.2 Å². The van der Waals surface area contributed by atoms with Gasteiger partial charge in [-0.1, -0.05) is 18.2 Å². The molecule has 0 radical (unpaired) electrons. The van der Waals surface area contributed by atoms with E-state index in [-0.39, 0.29) is 9.80 Å². The van der Waals surface area contributed by atoms with Crippen molar-refractivity contribution in [1.29, 1.82) is 0 Å². The summed E-state index contributed by atoms with van der Waals surface area (Å²) in [5.74, 6) is -1.15. The van der Waals surface area contributed by atoms with E-state index in [2.05, 4.69) is 0 Å². The van der Waals surface area contributed by atoms with Crippen LogP contribution in [0.5, 0.6) is 0 Å². The van der Waals surface area contributed by atoms with E-state index in [0.29, 0.717) is 5.56 Å². The van der Waals surface area contributed by atoms with E-state index in [1.807, 2.05) is 0 Å². The van der Waals surface area contributed by atoms with E-state index in [1.165, 1.54) is 26.0 Å². The molecule has 2 rings (SSSR count). The zero-order valence-electron chi connectivity index (χ0n) is 9.47. The summed E-state index contributed by atoms with van der Waals surface area (Å²) in [7, 11) is -3.67. The first-order valence-electron chi connectivity index (χ1n) is 5.07. The van der Waals surface area contributed by atoms with Gasteiger partial charge < -0.3 is 5.11 Å². The molecule has 1 aromatic rings. The monoisotopic (exact) mass is 252 g/mol. The van der Waals surface area contributed by atoms with Crippen molar-refractivity contribution in [2.45, 2.75) is 18.7 Å². The average Bonchev–Trinajstić information content (AvgIpc) is 2.52. The molecule has 1 N–H and O–H groups in total. The lowest BCUT2D eigenvalue weighted by Crippen LogP contribution is -2.28. The fourth-order valence-electron chi connectivity index (χ4n) is 1.80. The summed E-state index contributed by atoms with van der Waals surface area (Å²) in [6.45, 7) is 2.79. The molecule has 0 saturated heterocycles. The van der Waals surface area contributed by atoms with Crippen LogP contribution in [0.3, 0.4) is 0 Å². The maximum Gasteiger partial charge on any atom is 0.314 e. The van der Waals surface area contributed by atoms with Crippen molar-refractivity contribution < 1.29 is 18.3 Å². The molecule has 0 amide bonds. The molecule has 0 saturated carbocycles. The third kappa shape index (κ3) is 1.58. The minimum Gasteiger partial charge on any atom is -0.481 e. The topological polar surface area (TPSA) is 71.4 Å². The van der Waals surface area contributed by atoms with Crippen LogP contribution in [0, 0.1) is 5.41 Å². The molecule has 0 spiro atoms. The van der Waals surface area contributed by atoms with Crippen LogP contribution in [0.25, 0.3) is 6.08 Å². The lowest BCUT2D eigenvalue weighted by molar-refractivity contribution is -0.144. The Morgan fingerprint density at radius 2 is 1.82 bits per heavy atom. The predicted octanol–water partition coefficient (Wildman–Crippen LogP) is 1.93. The summed E-state index contributed by atoms with van der Waals surface area (Å²) in [5.41, 5.74) is -0.866. The van der Waals surface area contributed by atoms with Crippen molar-refractivity contribution in [2.75, 3.05) is 0 Å². The quantitative estimate of drug-likeness (QED) is 0.873. The van der Waals surface area contributed by atoms with Gasteiger partial charge in [-0.25, -0.2) is 8.42 Å². The molecular weight excluding hydrogens is 240 g/mol. The van der Waals surface area contributed by atoms with Crippen LogP contribution in [0.1, 0.15) is 19.4 Å². The van der Waals surface area contributed by atoms with Gasteiger partial charge in [0.1, 0.15) is 0 Å². The number of carboxylic acid groups (broad SMARTS) is 1. The minimum atomic E-state index is -3.67. The standard InChI is InChI=1S/C12H12O4S/c1-12(2,11(13)14)10-7-8-5-3-4-6-9(8)17(10,15)16/h3-7H,1-2H3,(H,13,14). The lowest BCUT2D eigenvalue weighted by Gasteiger charge is -2.20. The highest BCUT2D eigenvalue weighted by molar-refractivity contribution is 7.96. The van der Waals surface area contributed by atoms with E-state index in [0.717, 1.165) is 0 Å². The maximum absolute atomic E-state index is 12.2. The molecule has 0 bridgehead atoms. The average molecular weight is 252 g/mol. The third-order valence-corrected chi connectivity index (χ3v) is 5.09. The highest BCUT2D eigenvalue weighted by Gasteiger charge is 2.43. The summed E-state index contributed by atoms with van der Waals surface area (Å²) < 4.78 is 24.4. The van der Waals surface area contributed by atoms with Gasteiger partial charge in [0, 0.05) is 0 Å². The second kappa shape index (κ2) is 3.43. The molecule has 1 heterocycles. The molecule has 1 aromatic carbocycles. The number of fused-ring (bicyclic) bond motifs is 1. The largest absolute Gasteiger partial charge is 0.481 e. The zero-order chi connectivity index (χ0) is 12.8. The van der Waals surface area contributed by atoms with E-state index in [4.69, 9.17) is 5.11 Å². The number of carboxylic acids is 1. The van der Waals surface area contributed by atoms with Gasteiger partial charge in [0.2, 0.25) is 9.84 Å². The lowest BCUT2D eigenvalue weighted by atomic mass is 9.92. The summed E-state index contributed by atoms with van der Waals surface area (Å²) in [6.07, 6.45) is 1.44. The molecule has 0 atom stereocenters. The van der Waals surface area contributed by atoms with Crippen molar-refractivity contribution in [2.24, 2.45) is 5.41 Å². The Labute approximate surface area is 99.5 Å². The van der Waals surface area contributed by atoms with Gasteiger partial charge in [-0.15, -0.1) is 0 Å². The van der Waals surface area contributed by atoms with Crippen LogP contribution in [0.4, 0.5) is 0 Å². The number of sulfone groups is 1. The molecule has 17 heavy (non-hydrogen) atoms. The summed E-state index contributed by atoms with van der Waals surface area (Å²) in [6, 6.07) is 6.51. The summed E-state index contributed by atoms with van der Waals surface area (Å²) >= 11 is 0. The Morgan fingerprint density at radius 3 is 2.35 bits per heavy atom. The molecule has 5 heteroatoms. The van der Waals surface area contributed by atoms with Crippen molar-refractivity contribution in [3.8, 4) is 0 Å². The number of hydrogen-bond acceptors (Lipinski definition) is 3. The summed E-state index contributed by atoms with van der Waals surface area (Å²) in [5, 5.41) is 9.11. The van der Waals surface area contributed by atoms with Crippen LogP contribution in [-0.2, 0) is 14.6 Å². The molecule has 0 aromatic heterocycles. The van der Waals surface area contributed by atoms with E-state index < -0.39 is 21.2 Å². The van der Waals surface area contributed by atoms with Gasteiger partial charge in [-0.3, -0.25) is 4.79 Å². The normalized spacial score (nSPS) is 17.4. The van der Waals surface area contributed by atoms with Gasteiger partial charge >= 0.3 is 5.97 Å². The van der Waals surface area contributed by atoms with Crippen molar-refractivity contribution in [3.05, 3.63) is 34.7 Å². The third-order valence-electron chi connectivity index (χ3n) is 2.94. The van der Waals surface area contributed by atoms with Crippen LogP contribution < -0.4 is 0 Å². The van der Waals surface area contributed by atoms with Crippen LogP contribution in [-0.4, -0.2) is 19.5 Å². The van der Waals surface area contributed by atoms with Gasteiger partial charge in [-0.05, 0) is 31.6 Å². The maximum atomic E-state index is 12.2. The first kappa shape index (κ1) is 11.9. The molecule has 1 aliphatic rings. The first-order chi connectivity index (χ1) is 7.78. The Balaban J connectivity index is 2.68. The molecule has 0 unspecified atom stereocenters. The molecule has 4 nitrogen and oxygen atoms in total. The molecule has 90 valence electrons. The predicted molar refractivity (Wildman–Crippen MR) is 63.0 cm³/mol. The fourth-order valence-corrected chi connectivity index (χ4v) is 3.78. The Kier molecular flexibility index (Phi) is 2.39. The Bertz CT molecular complexity index is 624. The van der Waals surface area contributed by atoms with Gasteiger partial charge in [0.05, 0.1) is 15.2 Å². The Hall–Kier alpha value is -1.62. The van der Waals surface area contributed by atoms with Gasteiger partial charge in [-0.2, -0.15) is 0 Å². The highest BCUT2D eigenvalue weighted by atomic mass is 32.2. The smallest absolute Gasteiger partial charge is 0.314 e. The van der Waals surface area contributed by atoms with Crippen LogP contribution >= 0.6 is 0 Å². The second-order valence-corrected chi connectivity index (χ2v) is 6.37. The second-order valence-electron chi connectivity index (χ2n) is 4.48. The van der Waals surface area contributed by atoms with Crippen LogP contribution in [0.15, 0.2) is 34.1 Å². The number of rotatable bonds is 2. The molecule has 1 aliphatic heterocycles. The van der Waals surface area contributed by atoms with Gasteiger partial charge in [0.25, 0.3) is 0 Å². The van der Waals surface area contributed by atoms with E-state index >= 15 is 0 Å². The van der Waals surface area contributed by atoms with Crippen molar-refractivity contribution >= 4 is 21.9 Å². The number of benzene rings is 1. The first-order valence-corrected chi connectivity index (χ1v) is 6.56.